The van der Waals surface area contributed by atoms with Gasteiger partial charge in [0, 0.05) is 29.8 Å². The zero-order chi connectivity index (χ0) is 15.4. The summed E-state index contributed by atoms with van der Waals surface area (Å²) in [7, 11) is 1.68. The number of nitrogens with one attached hydrogen (secondary N) is 1. The quantitative estimate of drug-likeness (QED) is 0.732. The predicted molar refractivity (Wildman–Crippen MR) is 87.5 cm³/mol. The molecule has 0 bridgehead atoms. The van der Waals surface area contributed by atoms with Crippen molar-refractivity contribution < 1.29 is 4.74 Å². The van der Waals surface area contributed by atoms with E-state index in [1.54, 1.807) is 19.4 Å². The molecule has 0 aliphatic heterocycles. The lowest BCUT2D eigenvalue weighted by atomic mass is 10.0. The van der Waals surface area contributed by atoms with E-state index in [1.807, 2.05) is 18.2 Å². The minimum absolute atomic E-state index is 0.421. The number of nitrogens with zero attached hydrogens (tertiary/aromatic N) is 3. The van der Waals surface area contributed by atoms with Gasteiger partial charge in [-0.3, -0.25) is 4.98 Å². The van der Waals surface area contributed by atoms with E-state index in [0.717, 1.165) is 28.6 Å². The molecule has 2 heterocycles. The zero-order valence-electron chi connectivity index (χ0n) is 12.1. The summed E-state index contributed by atoms with van der Waals surface area (Å²) in [6.45, 7) is 0.706. The number of rotatable bonds is 5. The first-order valence-corrected chi connectivity index (χ1v) is 7.28. The summed E-state index contributed by atoms with van der Waals surface area (Å²) in [5.74, 6) is 1.57. The first kappa shape index (κ1) is 14.5. The van der Waals surface area contributed by atoms with E-state index in [-0.39, 0.29) is 0 Å². The highest BCUT2D eigenvalue weighted by atomic mass is 35.5. The lowest BCUT2D eigenvalue weighted by molar-refractivity contribution is 0.411. The van der Waals surface area contributed by atoms with E-state index < -0.39 is 0 Å². The Morgan fingerprint density at radius 3 is 2.91 bits per heavy atom. The Morgan fingerprint density at radius 2 is 2.09 bits per heavy atom. The Hall–Kier alpha value is -2.40. The zero-order valence-corrected chi connectivity index (χ0v) is 12.8. The number of pyridine rings is 1. The molecule has 6 heteroatoms. The molecule has 0 saturated carbocycles. The molecular formula is C16H15ClN4O. The van der Waals surface area contributed by atoms with E-state index in [0.29, 0.717) is 17.5 Å². The second kappa shape index (κ2) is 6.58. The molecule has 22 heavy (non-hydrogen) atoms. The van der Waals surface area contributed by atoms with Gasteiger partial charge in [0.05, 0.1) is 12.6 Å². The third-order valence-electron chi connectivity index (χ3n) is 3.39. The van der Waals surface area contributed by atoms with Crippen LogP contribution < -0.4 is 10.1 Å². The van der Waals surface area contributed by atoms with Crippen LogP contribution in [0.5, 0.6) is 5.75 Å². The fraction of sp³-hybridized carbons (Fsp3) is 0.188. The van der Waals surface area contributed by atoms with Gasteiger partial charge in [-0.15, -0.1) is 0 Å². The van der Waals surface area contributed by atoms with Crippen LogP contribution in [0.2, 0.25) is 5.15 Å². The number of hydrogen-bond donors (Lipinski definition) is 1. The van der Waals surface area contributed by atoms with Crippen molar-refractivity contribution in [3.05, 3.63) is 53.6 Å². The van der Waals surface area contributed by atoms with Crippen molar-refractivity contribution in [2.45, 2.75) is 6.42 Å². The maximum atomic E-state index is 5.85. The molecule has 5 nitrogen and oxygen atoms in total. The first-order valence-electron chi connectivity index (χ1n) is 6.90. The minimum atomic E-state index is 0.421. The van der Waals surface area contributed by atoms with Crippen LogP contribution in [0.4, 0.5) is 5.82 Å². The molecule has 3 aromatic rings. The summed E-state index contributed by atoms with van der Waals surface area (Å²) >= 11 is 5.85. The van der Waals surface area contributed by atoms with Gasteiger partial charge in [0.15, 0.2) is 0 Å². The summed E-state index contributed by atoms with van der Waals surface area (Å²) in [5.41, 5.74) is 2.09. The Morgan fingerprint density at radius 1 is 1.18 bits per heavy atom. The number of halogens is 1. The van der Waals surface area contributed by atoms with Crippen molar-refractivity contribution in [3.63, 3.8) is 0 Å². The summed E-state index contributed by atoms with van der Waals surface area (Å²) in [5, 5.41) is 4.76. The lowest BCUT2D eigenvalue weighted by Crippen LogP contribution is -2.08. The average molecular weight is 315 g/mol. The van der Waals surface area contributed by atoms with Crippen LogP contribution in [0, 0.1) is 0 Å². The highest BCUT2D eigenvalue weighted by Crippen LogP contribution is 2.27. The third-order valence-corrected chi connectivity index (χ3v) is 3.60. The van der Waals surface area contributed by atoms with Crippen LogP contribution in [0.15, 0.2) is 42.9 Å². The van der Waals surface area contributed by atoms with Crippen LogP contribution in [0.3, 0.4) is 0 Å². The Bertz CT molecular complexity index is 794. The van der Waals surface area contributed by atoms with Gasteiger partial charge in [-0.05, 0) is 24.6 Å². The molecule has 0 aliphatic rings. The van der Waals surface area contributed by atoms with Gasteiger partial charge < -0.3 is 10.1 Å². The van der Waals surface area contributed by atoms with E-state index >= 15 is 0 Å². The maximum Gasteiger partial charge on any atom is 0.134 e. The number of ether oxygens (including phenoxy) is 1. The molecule has 0 spiro atoms. The number of methoxy groups -OCH3 is 1. The molecule has 2 aromatic heterocycles. The highest BCUT2D eigenvalue weighted by molar-refractivity contribution is 6.29. The van der Waals surface area contributed by atoms with E-state index in [4.69, 9.17) is 16.3 Å². The fourth-order valence-electron chi connectivity index (χ4n) is 2.39. The maximum absolute atomic E-state index is 5.85. The Kier molecular flexibility index (Phi) is 4.34. The van der Waals surface area contributed by atoms with E-state index in [1.165, 1.54) is 6.33 Å². The summed E-state index contributed by atoms with van der Waals surface area (Å²) in [6.07, 6.45) is 4.01. The first-order chi connectivity index (χ1) is 10.8. The second-order valence-electron chi connectivity index (χ2n) is 4.72. The number of benzene rings is 1. The second-order valence-corrected chi connectivity index (χ2v) is 5.11. The molecule has 0 aliphatic carbocycles. The van der Waals surface area contributed by atoms with Crippen molar-refractivity contribution in [3.8, 4) is 5.75 Å². The Balaban J connectivity index is 1.81. The summed E-state index contributed by atoms with van der Waals surface area (Å²) < 4.78 is 5.47. The van der Waals surface area contributed by atoms with Crippen molar-refractivity contribution >= 4 is 28.3 Å². The minimum Gasteiger partial charge on any atom is -0.496 e. The molecule has 3 rings (SSSR count). The highest BCUT2D eigenvalue weighted by Gasteiger charge is 2.08. The van der Waals surface area contributed by atoms with Crippen molar-refractivity contribution in [1.82, 2.24) is 15.0 Å². The molecule has 0 amide bonds. The summed E-state index contributed by atoms with van der Waals surface area (Å²) in [6, 6.07) is 9.61. The SMILES string of the molecule is COc1ccc2ncccc2c1CCNc1cc(Cl)ncn1. The van der Waals surface area contributed by atoms with Crippen molar-refractivity contribution in [2.75, 3.05) is 19.0 Å². The summed E-state index contributed by atoms with van der Waals surface area (Å²) in [4.78, 5) is 12.4. The van der Waals surface area contributed by atoms with Crippen molar-refractivity contribution in [2.24, 2.45) is 0 Å². The lowest BCUT2D eigenvalue weighted by Gasteiger charge is -2.12. The van der Waals surface area contributed by atoms with Gasteiger partial charge in [-0.2, -0.15) is 0 Å². The third kappa shape index (κ3) is 3.09. The molecule has 0 saturated heterocycles. The monoisotopic (exact) mass is 314 g/mol. The predicted octanol–water partition coefficient (Wildman–Crippen LogP) is 3.34. The average Bonchev–Trinajstić information content (AvgIpc) is 2.55. The van der Waals surface area contributed by atoms with Gasteiger partial charge in [0.2, 0.25) is 0 Å². The molecule has 0 fully saturated rings. The number of fused-ring (bicyclic) bond motifs is 1. The molecule has 112 valence electrons. The standard InChI is InChI=1S/C16H15ClN4O/c1-22-14-5-4-13-11(3-2-7-18-13)12(14)6-8-19-16-9-15(17)20-10-21-16/h2-5,7,9-10H,6,8H2,1H3,(H,19,20,21). The van der Waals surface area contributed by atoms with Crippen LogP contribution in [-0.2, 0) is 6.42 Å². The smallest absolute Gasteiger partial charge is 0.134 e. The molecule has 0 radical (unpaired) electrons. The number of aromatic nitrogens is 3. The number of hydrogen-bond acceptors (Lipinski definition) is 5. The van der Waals surface area contributed by atoms with Gasteiger partial charge in [0.25, 0.3) is 0 Å². The van der Waals surface area contributed by atoms with Gasteiger partial charge in [-0.25, -0.2) is 9.97 Å². The molecule has 1 aromatic carbocycles. The molecule has 0 atom stereocenters. The number of anilines is 1. The largest absolute Gasteiger partial charge is 0.496 e. The molecular weight excluding hydrogens is 300 g/mol. The van der Waals surface area contributed by atoms with Gasteiger partial charge in [0.1, 0.15) is 23.0 Å². The fourth-order valence-corrected chi connectivity index (χ4v) is 2.54. The van der Waals surface area contributed by atoms with Crippen LogP contribution in [-0.4, -0.2) is 28.6 Å². The van der Waals surface area contributed by atoms with Gasteiger partial charge >= 0.3 is 0 Å². The topological polar surface area (TPSA) is 59.9 Å². The van der Waals surface area contributed by atoms with Crippen LogP contribution in [0.1, 0.15) is 5.56 Å². The van der Waals surface area contributed by atoms with E-state index in [9.17, 15) is 0 Å². The van der Waals surface area contributed by atoms with Crippen molar-refractivity contribution in [1.29, 1.82) is 0 Å². The van der Waals surface area contributed by atoms with Crippen LogP contribution >= 0.6 is 11.6 Å². The Labute approximate surface area is 133 Å². The molecule has 0 unspecified atom stereocenters. The van der Waals surface area contributed by atoms with Gasteiger partial charge in [-0.1, -0.05) is 17.7 Å². The molecule has 1 N–H and O–H groups in total. The van der Waals surface area contributed by atoms with E-state index in [2.05, 4.69) is 26.3 Å². The van der Waals surface area contributed by atoms with Crippen LogP contribution in [0.25, 0.3) is 10.9 Å². The normalized spacial score (nSPS) is 10.6.